The minimum Gasteiger partial charge on any atom is -0.477 e. The van der Waals surface area contributed by atoms with Crippen molar-refractivity contribution in [3.8, 4) is 11.3 Å². The van der Waals surface area contributed by atoms with Gasteiger partial charge in [-0.1, -0.05) is 78.1 Å². The lowest BCUT2D eigenvalue weighted by molar-refractivity contribution is 0.0702. The zero-order chi connectivity index (χ0) is 19.7. The van der Waals surface area contributed by atoms with Gasteiger partial charge in [-0.05, 0) is 18.6 Å². The summed E-state index contributed by atoms with van der Waals surface area (Å²) in [5, 5.41) is 9.66. The summed E-state index contributed by atoms with van der Waals surface area (Å²) >= 11 is 1.00. The summed E-state index contributed by atoms with van der Waals surface area (Å²) in [6.45, 7) is 1.71. The molecule has 6 heteroatoms. The van der Waals surface area contributed by atoms with Crippen LogP contribution in [0.2, 0.25) is 0 Å². The van der Waals surface area contributed by atoms with E-state index in [1.165, 1.54) is 4.40 Å². The average Bonchev–Trinajstić information content (AvgIpc) is 3.11. The molecular weight excluding hydrogens is 372 g/mol. The first-order chi connectivity index (χ1) is 13.6. The standard InChI is InChI=1S/C22H16N2O3S/c1-14-17(13-12-15-8-4-2-5-9-15)23-22-24(20(14)25)18(19(28-22)21(26)27)16-10-6-3-7-11-16/h2-13H,1H3,(H,26,27). The highest BCUT2D eigenvalue weighted by atomic mass is 32.1. The maximum absolute atomic E-state index is 13.1. The fraction of sp³-hybridized carbons (Fsp3) is 0.0455. The van der Waals surface area contributed by atoms with E-state index in [1.807, 2.05) is 54.6 Å². The van der Waals surface area contributed by atoms with E-state index in [1.54, 1.807) is 25.1 Å². The lowest BCUT2D eigenvalue weighted by Gasteiger charge is -2.05. The number of thiazole rings is 1. The number of carboxylic acids is 1. The molecule has 0 bridgehead atoms. The van der Waals surface area contributed by atoms with Crippen LogP contribution in [0.3, 0.4) is 0 Å². The van der Waals surface area contributed by atoms with Gasteiger partial charge in [-0.3, -0.25) is 4.79 Å². The maximum Gasteiger partial charge on any atom is 0.348 e. The van der Waals surface area contributed by atoms with E-state index in [-0.39, 0.29) is 10.4 Å². The van der Waals surface area contributed by atoms with Crippen LogP contribution in [0.25, 0.3) is 28.4 Å². The fourth-order valence-corrected chi connectivity index (χ4v) is 4.00. The molecule has 28 heavy (non-hydrogen) atoms. The van der Waals surface area contributed by atoms with Crippen molar-refractivity contribution in [1.82, 2.24) is 9.38 Å². The van der Waals surface area contributed by atoms with Gasteiger partial charge in [0.15, 0.2) is 4.96 Å². The fourth-order valence-electron chi connectivity index (χ4n) is 3.01. The topological polar surface area (TPSA) is 71.7 Å². The van der Waals surface area contributed by atoms with Gasteiger partial charge in [0, 0.05) is 11.1 Å². The molecule has 0 aliphatic carbocycles. The Morgan fingerprint density at radius 3 is 2.32 bits per heavy atom. The molecule has 0 saturated carbocycles. The molecule has 0 unspecified atom stereocenters. The predicted octanol–water partition coefficient (Wildman–Crippen LogP) is 4.60. The number of carboxylic acid groups (broad SMARTS) is 1. The molecule has 4 aromatic rings. The van der Waals surface area contributed by atoms with E-state index in [4.69, 9.17) is 0 Å². The molecule has 138 valence electrons. The first kappa shape index (κ1) is 17.9. The molecule has 2 aromatic heterocycles. The van der Waals surface area contributed by atoms with E-state index < -0.39 is 5.97 Å². The van der Waals surface area contributed by atoms with Crippen molar-refractivity contribution < 1.29 is 9.90 Å². The molecule has 0 atom stereocenters. The van der Waals surface area contributed by atoms with Gasteiger partial charge in [0.1, 0.15) is 4.88 Å². The zero-order valence-electron chi connectivity index (χ0n) is 15.0. The van der Waals surface area contributed by atoms with Crippen molar-refractivity contribution in [3.63, 3.8) is 0 Å². The largest absolute Gasteiger partial charge is 0.477 e. The van der Waals surface area contributed by atoms with E-state index in [0.29, 0.717) is 27.5 Å². The molecule has 0 aliphatic rings. The SMILES string of the molecule is Cc1c(C=Cc2ccccc2)nc2sc(C(=O)O)c(-c3ccccc3)n2c1=O. The minimum absolute atomic E-state index is 0.0967. The van der Waals surface area contributed by atoms with Gasteiger partial charge in [-0.2, -0.15) is 0 Å². The van der Waals surface area contributed by atoms with Crippen LogP contribution in [-0.2, 0) is 0 Å². The van der Waals surface area contributed by atoms with E-state index in [0.717, 1.165) is 16.9 Å². The first-order valence-electron chi connectivity index (χ1n) is 8.64. The Bertz CT molecular complexity index is 1260. The predicted molar refractivity (Wildman–Crippen MR) is 112 cm³/mol. The molecule has 0 spiro atoms. The summed E-state index contributed by atoms with van der Waals surface area (Å²) in [5.41, 5.74) is 2.77. The lowest BCUT2D eigenvalue weighted by Crippen LogP contribution is -2.19. The molecule has 0 amide bonds. The van der Waals surface area contributed by atoms with Crippen LogP contribution in [0, 0.1) is 6.92 Å². The summed E-state index contributed by atoms with van der Waals surface area (Å²) in [5.74, 6) is -1.08. The Hall–Kier alpha value is -3.51. The average molecular weight is 388 g/mol. The van der Waals surface area contributed by atoms with E-state index in [9.17, 15) is 14.7 Å². The van der Waals surface area contributed by atoms with Gasteiger partial charge < -0.3 is 5.11 Å². The molecule has 1 N–H and O–H groups in total. The van der Waals surface area contributed by atoms with Gasteiger partial charge >= 0.3 is 5.97 Å². The summed E-state index contributed by atoms with van der Waals surface area (Å²) in [6, 6.07) is 18.8. The third-order valence-electron chi connectivity index (χ3n) is 4.42. The van der Waals surface area contributed by atoms with Gasteiger partial charge in [-0.15, -0.1) is 0 Å². The molecule has 0 saturated heterocycles. The van der Waals surface area contributed by atoms with Gasteiger partial charge in [0.2, 0.25) is 0 Å². The van der Waals surface area contributed by atoms with Crippen LogP contribution in [0.5, 0.6) is 0 Å². The van der Waals surface area contributed by atoms with Crippen LogP contribution in [0.1, 0.15) is 26.5 Å². The monoisotopic (exact) mass is 388 g/mol. The number of aromatic carboxylic acids is 1. The number of hydrogen-bond donors (Lipinski definition) is 1. The number of benzene rings is 2. The number of carbonyl (C=O) groups is 1. The Balaban J connectivity index is 1.94. The molecule has 4 rings (SSSR count). The van der Waals surface area contributed by atoms with Crippen molar-refractivity contribution in [2.24, 2.45) is 0 Å². The van der Waals surface area contributed by atoms with Gasteiger partial charge in [-0.25, -0.2) is 14.2 Å². The molecular formula is C22H16N2O3S. The number of nitrogens with zero attached hydrogens (tertiary/aromatic N) is 2. The Morgan fingerprint density at radius 1 is 1.04 bits per heavy atom. The first-order valence-corrected chi connectivity index (χ1v) is 9.46. The quantitative estimate of drug-likeness (QED) is 0.555. The van der Waals surface area contributed by atoms with Crippen LogP contribution >= 0.6 is 11.3 Å². The summed E-state index contributed by atoms with van der Waals surface area (Å²) in [4.78, 5) is 29.9. The summed E-state index contributed by atoms with van der Waals surface area (Å²) in [6.07, 6.45) is 3.67. The molecule has 2 heterocycles. The highest BCUT2D eigenvalue weighted by Crippen LogP contribution is 2.30. The number of rotatable bonds is 4. The molecule has 0 aliphatic heterocycles. The van der Waals surface area contributed by atoms with Crippen molar-refractivity contribution in [3.05, 3.63) is 92.7 Å². The Kier molecular flexibility index (Phi) is 4.63. The molecule has 0 fully saturated rings. The minimum atomic E-state index is -1.08. The lowest BCUT2D eigenvalue weighted by atomic mass is 10.1. The van der Waals surface area contributed by atoms with Crippen LogP contribution in [0.15, 0.2) is 65.5 Å². The normalized spacial score (nSPS) is 11.3. The second-order valence-corrected chi connectivity index (χ2v) is 7.22. The van der Waals surface area contributed by atoms with Crippen LogP contribution in [0.4, 0.5) is 0 Å². The number of fused-ring (bicyclic) bond motifs is 1. The summed E-state index contributed by atoms with van der Waals surface area (Å²) in [7, 11) is 0. The molecule has 2 aromatic carbocycles. The van der Waals surface area contributed by atoms with E-state index in [2.05, 4.69) is 4.98 Å². The molecule has 5 nitrogen and oxygen atoms in total. The second-order valence-electron chi connectivity index (χ2n) is 6.24. The third kappa shape index (κ3) is 3.14. The Labute approximate surface area is 164 Å². The summed E-state index contributed by atoms with van der Waals surface area (Å²) < 4.78 is 1.40. The zero-order valence-corrected chi connectivity index (χ0v) is 15.8. The maximum atomic E-state index is 13.1. The third-order valence-corrected chi connectivity index (χ3v) is 5.45. The van der Waals surface area contributed by atoms with Crippen molar-refractivity contribution in [2.45, 2.75) is 6.92 Å². The highest BCUT2D eigenvalue weighted by molar-refractivity contribution is 7.19. The smallest absolute Gasteiger partial charge is 0.348 e. The van der Waals surface area contributed by atoms with Crippen LogP contribution in [-0.4, -0.2) is 20.5 Å². The highest BCUT2D eigenvalue weighted by Gasteiger charge is 2.22. The van der Waals surface area contributed by atoms with Crippen molar-refractivity contribution in [1.29, 1.82) is 0 Å². The van der Waals surface area contributed by atoms with Gasteiger partial charge in [0.05, 0.1) is 11.4 Å². The second kappa shape index (κ2) is 7.25. The Morgan fingerprint density at radius 2 is 1.68 bits per heavy atom. The van der Waals surface area contributed by atoms with E-state index >= 15 is 0 Å². The molecule has 0 radical (unpaired) electrons. The number of aromatic nitrogens is 2. The van der Waals surface area contributed by atoms with Gasteiger partial charge in [0.25, 0.3) is 5.56 Å². The van der Waals surface area contributed by atoms with Crippen LogP contribution < -0.4 is 5.56 Å². The van der Waals surface area contributed by atoms with Crippen molar-refractivity contribution in [2.75, 3.05) is 0 Å². The van der Waals surface area contributed by atoms with Crippen molar-refractivity contribution >= 4 is 34.4 Å². The number of hydrogen-bond acceptors (Lipinski definition) is 4.